The number of hydrogen-bond acceptors (Lipinski definition) is 4. The highest BCUT2D eigenvalue weighted by Crippen LogP contribution is 2.11. The van der Waals surface area contributed by atoms with Gasteiger partial charge in [-0.25, -0.2) is 4.79 Å². The minimum atomic E-state index is -1.02. The third-order valence-corrected chi connectivity index (χ3v) is 1.71. The molecule has 0 aromatic carbocycles. The summed E-state index contributed by atoms with van der Waals surface area (Å²) in [6, 6.07) is 0. The van der Waals surface area contributed by atoms with Crippen LogP contribution in [-0.2, 0) is 9.57 Å². The minimum absolute atomic E-state index is 0.523. The molecule has 15 heavy (non-hydrogen) atoms. The molecule has 0 aliphatic carbocycles. The lowest BCUT2D eigenvalue weighted by molar-refractivity contribution is -0.115. The van der Waals surface area contributed by atoms with Gasteiger partial charge in [0.1, 0.15) is 11.7 Å². The SMILES string of the molecule is CC(ONC(=O)OC(C)(C)C)C(C)(C)O. The summed E-state index contributed by atoms with van der Waals surface area (Å²) in [6.45, 7) is 10.1. The predicted octanol–water partition coefficient (Wildman–Crippen LogP) is 1.60. The summed E-state index contributed by atoms with van der Waals surface area (Å²) in [5.74, 6) is 0. The van der Waals surface area contributed by atoms with Crippen LogP contribution in [0.3, 0.4) is 0 Å². The van der Waals surface area contributed by atoms with Crippen LogP contribution in [0.15, 0.2) is 0 Å². The molecule has 1 unspecified atom stereocenters. The zero-order valence-electron chi connectivity index (χ0n) is 10.2. The van der Waals surface area contributed by atoms with Crippen LogP contribution in [-0.4, -0.2) is 28.5 Å². The summed E-state index contributed by atoms with van der Waals surface area (Å²) in [6.07, 6.45) is -1.19. The Bertz CT molecular complexity index is 214. The van der Waals surface area contributed by atoms with Crippen LogP contribution in [0.4, 0.5) is 4.79 Å². The number of amides is 1. The van der Waals surface area contributed by atoms with Crippen LogP contribution in [0, 0.1) is 0 Å². The van der Waals surface area contributed by atoms with Gasteiger partial charge >= 0.3 is 6.09 Å². The van der Waals surface area contributed by atoms with Crippen molar-refractivity contribution in [3.8, 4) is 0 Å². The molecule has 5 heteroatoms. The molecule has 90 valence electrons. The third kappa shape index (κ3) is 7.16. The molecule has 0 heterocycles. The molecular formula is C10H21NO4. The van der Waals surface area contributed by atoms with Gasteiger partial charge in [0.25, 0.3) is 0 Å². The first-order chi connectivity index (χ1) is 6.52. The van der Waals surface area contributed by atoms with Gasteiger partial charge in [0, 0.05) is 0 Å². The van der Waals surface area contributed by atoms with E-state index in [9.17, 15) is 9.90 Å². The van der Waals surface area contributed by atoms with E-state index in [0.29, 0.717) is 0 Å². The van der Waals surface area contributed by atoms with Gasteiger partial charge in [-0.1, -0.05) is 0 Å². The van der Waals surface area contributed by atoms with Crippen molar-refractivity contribution < 1.29 is 19.5 Å². The molecule has 0 saturated heterocycles. The van der Waals surface area contributed by atoms with Crippen LogP contribution in [0.5, 0.6) is 0 Å². The Morgan fingerprint density at radius 3 is 2.07 bits per heavy atom. The van der Waals surface area contributed by atoms with Gasteiger partial charge in [0.15, 0.2) is 0 Å². The van der Waals surface area contributed by atoms with Gasteiger partial charge < -0.3 is 9.84 Å². The second-order valence-electron chi connectivity index (χ2n) is 5.02. The average molecular weight is 219 g/mol. The Labute approximate surface area is 90.7 Å². The highest BCUT2D eigenvalue weighted by Gasteiger charge is 2.25. The van der Waals surface area contributed by atoms with E-state index in [4.69, 9.17) is 9.57 Å². The predicted molar refractivity (Wildman–Crippen MR) is 56.2 cm³/mol. The second kappa shape index (κ2) is 4.81. The van der Waals surface area contributed by atoms with E-state index in [-0.39, 0.29) is 0 Å². The van der Waals surface area contributed by atoms with E-state index < -0.39 is 23.4 Å². The average Bonchev–Trinajstić information content (AvgIpc) is 1.94. The third-order valence-electron chi connectivity index (χ3n) is 1.71. The fraction of sp³-hybridized carbons (Fsp3) is 0.900. The van der Waals surface area contributed by atoms with Crippen LogP contribution in [0.1, 0.15) is 41.5 Å². The van der Waals surface area contributed by atoms with Crippen molar-refractivity contribution in [1.82, 2.24) is 5.48 Å². The van der Waals surface area contributed by atoms with Gasteiger partial charge in [-0.15, -0.1) is 0 Å². The number of carbonyl (C=O) groups is 1. The maximum Gasteiger partial charge on any atom is 0.431 e. The molecule has 0 aromatic rings. The number of carbonyl (C=O) groups excluding carboxylic acids is 1. The summed E-state index contributed by atoms with van der Waals surface area (Å²) in [7, 11) is 0. The van der Waals surface area contributed by atoms with Crippen molar-refractivity contribution in [2.24, 2.45) is 0 Å². The van der Waals surface area contributed by atoms with E-state index in [2.05, 4.69) is 5.48 Å². The van der Waals surface area contributed by atoms with E-state index in [0.717, 1.165) is 0 Å². The van der Waals surface area contributed by atoms with Crippen molar-refractivity contribution >= 4 is 6.09 Å². The topological polar surface area (TPSA) is 67.8 Å². The first-order valence-corrected chi connectivity index (χ1v) is 4.89. The Kier molecular flexibility index (Phi) is 4.55. The van der Waals surface area contributed by atoms with Crippen molar-refractivity contribution in [3.05, 3.63) is 0 Å². The van der Waals surface area contributed by atoms with E-state index in [1.54, 1.807) is 41.5 Å². The fourth-order valence-corrected chi connectivity index (χ4v) is 0.580. The maximum atomic E-state index is 11.2. The van der Waals surface area contributed by atoms with Crippen LogP contribution < -0.4 is 5.48 Å². The zero-order valence-corrected chi connectivity index (χ0v) is 10.2. The number of aliphatic hydroxyl groups is 1. The molecule has 2 N–H and O–H groups in total. The Balaban J connectivity index is 3.92. The lowest BCUT2D eigenvalue weighted by Crippen LogP contribution is -2.42. The summed E-state index contributed by atoms with van der Waals surface area (Å²) in [5, 5.41) is 9.51. The zero-order chi connectivity index (χ0) is 12.3. The number of rotatable bonds is 3. The number of ether oxygens (including phenoxy) is 1. The van der Waals surface area contributed by atoms with Gasteiger partial charge in [-0.3, -0.25) is 4.84 Å². The molecule has 0 saturated carbocycles. The molecular weight excluding hydrogens is 198 g/mol. The van der Waals surface area contributed by atoms with Crippen LogP contribution >= 0.6 is 0 Å². The molecule has 0 bridgehead atoms. The lowest BCUT2D eigenvalue weighted by atomic mass is 10.0. The molecule has 0 fully saturated rings. The number of nitrogens with one attached hydrogen (secondary N) is 1. The number of hydrogen-bond donors (Lipinski definition) is 2. The summed E-state index contributed by atoms with van der Waals surface area (Å²) < 4.78 is 4.94. The number of hydroxylamine groups is 1. The molecule has 1 atom stereocenters. The Morgan fingerprint density at radius 2 is 1.73 bits per heavy atom. The van der Waals surface area contributed by atoms with Crippen molar-refractivity contribution in [3.63, 3.8) is 0 Å². The first-order valence-electron chi connectivity index (χ1n) is 4.89. The van der Waals surface area contributed by atoms with Crippen molar-refractivity contribution in [2.75, 3.05) is 0 Å². The van der Waals surface area contributed by atoms with Crippen molar-refractivity contribution in [2.45, 2.75) is 58.8 Å². The monoisotopic (exact) mass is 219 g/mol. The Hall–Kier alpha value is -0.810. The molecule has 0 aliphatic heterocycles. The lowest BCUT2D eigenvalue weighted by Gasteiger charge is -2.26. The summed E-state index contributed by atoms with van der Waals surface area (Å²) >= 11 is 0. The summed E-state index contributed by atoms with van der Waals surface area (Å²) in [5.41, 5.74) is 0.541. The highest BCUT2D eigenvalue weighted by atomic mass is 16.7. The van der Waals surface area contributed by atoms with E-state index in [1.165, 1.54) is 0 Å². The van der Waals surface area contributed by atoms with Crippen molar-refractivity contribution in [1.29, 1.82) is 0 Å². The molecule has 0 aromatic heterocycles. The van der Waals surface area contributed by atoms with Gasteiger partial charge in [-0.05, 0) is 41.5 Å². The van der Waals surface area contributed by atoms with Crippen LogP contribution in [0.25, 0.3) is 0 Å². The van der Waals surface area contributed by atoms with Gasteiger partial charge in [0.05, 0.1) is 5.60 Å². The molecule has 0 radical (unpaired) electrons. The smallest absolute Gasteiger partial charge is 0.431 e. The molecule has 0 rings (SSSR count). The van der Waals surface area contributed by atoms with Crippen LogP contribution in [0.2, 0.25) is 0 Å². The minimum Gasteiger partial charge on any atom is -0.442 e. The molecule has 1 amide bonds. The molecule has 0 spiro atoms. The summed E-state index contributed by atoms with van der Waals surface area (Å²) in [4.78, 5) is 16.1. The van der Waals surface area contributed by atoms with Gasteiger partial charge in [0.2, 0.25) is 0 Å². The molecule has 5 nitrogen and oxygen atoms in total. The van der Waals surface area contributed by atoms with Gasteiger partial charge in [-0.2, -0.15) is 5.48 Å². The fourth-order valence-electron chi connectivity index (χ4n) is 0.580. The second-order valence-corrected chi connectivity index (χ2v) is 5.02. The largest absolute Gasteiger partial charge is 0.442 e. The first kappa shape index (κ1) is 14.2. The standard InChI is InChI=1S/C10H21NO4/c1-7(10(5,6)13)15-11-8(12)14-9(2,3)4/h7,13H,1-6H3,(H,11,12). The quantitative estimate of drug-likeness (QED) is 0.707. The maximum absolute atomic E-state index is 11.2. The Morgan fingerprint density at radius 1 is 1.27 bits per heavy atom. The normalized spacial score (nSPS) is 14.6. The van der Waals surface area contributed by atoms with E-state index >= 15 is 0 Å². The molecule has 0 aliphatic rings. The highest BCUT2D eigenvalue weighted by molar-refractivity contribution is 5.66. The van der Waals surface area contributed by atoms with E-state index in [1.807, 2.05) is 0 Å².